The third-order valence-corrected chi connectivity index (χ3v) is 4.67. The van der Waals surface area contributed by atoms with Crippen LogP contribution in [0.3, 0.4) is 0 Å². The zero-order valence-electron chi connectivity index (χ0n) is 11.8. The summed E-state index contributed by atoms with van der Waals surface area (Å²) < 4.78 is 0. The van der Waals surface area contributed by atoms with E-state index in [9.17, 15) is 4.79 Å². The summed E-state index contributed by atoms with van der Waals surface area (Å²) in [5.74, 6) is 1.02. The molecule has 1 aromatic rings. The molecule has 5 nitrogen and oxygen atoms in total. The quantitative estimate of drug-likeness (QED) is 0.765. The van der Waals surface area contributed by atoms with Gasteiger partial charge in [0.25, 0.3) is 0 Å². The van der Waals surface area contributed by atoms with Crippen molar-refractivity contribution >= 4 is 5.91 Å². The Morgan fingerprint density at radius 1 is 1.45 bits per heavy atom. The van der Waals surface area contributed by atoms with Crippen LogP contribution in [-0.2, 0) is 4.79 Å². The Labute approximate surface area is 119 Å². The van der Waals surface area contributed by atoms with E-state index in [1.807, 2.05) is 6.20 Å². The lowest BCUT2D eigenvalue weighted by Crippen LogP contribution is -2.43. The lowest BCUT2D eigenvalue weighted by molar-refractivity contribution is -0.123. The number of carbonyl (C=O) groups is 1. The van der Waals surface area contributed by atoms with E-state index in [1.54, 1.807) is 6.33 Å². The molecule has 5 heteroatoms. The molecule has 2 fully saturated rings. The molecule has 1 amide bonds. The number of aromatic amines is 1. The fraction of sp³-hybridized carbons (Fsp3) is 0.733. The summed E-state index contributed by atoms with van der Waals surface area (Å²) in [4.78, 5) is 19.3. The maximum atomic E-state index is 12.1. The van der Waals surface area contributed by atoms with Crippen molar-refractivity contribution in [2.75, 3.05) is 0 Å². The van der Waals surface area contributed by atoms with E-state index in [1.165, 1.54) is 32.1 Å². The van der Waals surface area contributed by atoms with Crippen molar-refractivity contribution in [3.63, 3.8) is 0 Å². The summed E-state index contributed by atoms with van der Waals surface area (Å²) in [6.07, 6.45) is 11.8. The van der Waals surface area contributed by atoms with Crippen LogP contribution < -0.4 is 11.1 Å². The SMILES string of the molecule is N[C@@H](CC1CCCCC1)C(=O)N[C@H]1C[C@@H]1c1c[nH]cn1. The van der Waals surface area contributed by atoms with Crippen molar-refractivity contribution in [3.8, 4) is 0 Å². The van der Waals surface area contributed by atoms with Gasteiger partial charge < -0.3 is 16.0 Å². The molecule has 0 saturated heterocycles. The molecule has 0 aliphatic heterocycles. The first-order chi connectivity index (χ1) is 9.74. The van der Waals surface area contributed by atoms with Crippen molar-refractivity contribution in [1.82, 2.24) is 15.3 Å². The molecule has 1 heterocycles. The largest absolute Gasteiger partial charge is 0.351 e. The number of hydrogen-bond donors (Lipinski definition) is 3. The first-order valence-electron chi connectivity index (χ1n) is 7.78. The van der Waals surface area contributed by atoms with E-state index in [-0.39, 0.29) is 18.0 Å². The first kappa shape index (κ1) is 13.6. The Morgan fingerprint density at radius 3 is 2.95 bits per heavy atom. The van der Waals surface area contributed by atoms with Crippen molar-refractivity contribution in [1.29, 1.82) is 0 Å². The lowest BCUT2D eigenvalue weighted by atomic mass is 9.85. The zero-order valence-corrected chi connectivity index (χ0v) is 11.8. The van der Waals surface area contributed by atoms with E-state index in [0.29, 0.717) is 11.8 Å². The van der Waals surface area contributed by atoms with Crippen LogP contribution in [0.2, 0.25) is 0 Å². The second kappa shape index (κ2) is 5.95. The second-order valence-electron chi connectivity index (χ2n) is 6.30. The minimum atomic E-state index is -0.349. The normalized spacial score (nSPS) is 28.1. The van der Waals surface area contributed by atoms with Crippen LogP contribution in [0, 0.1) is 5.92 Å². The highest BCUT2D eigenvalue weighted by Crippen LogP contribution is 2.39. The molecule has 0 bridgehead atoms. The number of H-pyrrole nitrogens is 1. The average molecular weight is 276 g/mol. The van der Waals surface area contributed by atoms with Crippen molar-refractivity contribution < 1.29 is 4.79 Å². The molecule has 3 rings (SSSR count). The molecule has 0 aromatic carbocycles. The molecular formula is C15H24N4O. The maximum Gasteiger partial charge on any atom is 0.237 e. The topological polar surface area (TPSA) is 83.8 Å². The minimum absolute atomic E-state index is 0.0126. The van der Waals surface area contributed by atoms with E-state index < -0.39 is 0 Å². The number of hydrogen-bond acceptors (Lipinski definition) is 3. The number of carbonyl (C=O) groups excluding carboxylic acids is 1. The van der Waals surface area contributed by atoms with Gasteiger partial charge in [-0.1, -0.05) is 32.1 Å². The van der Waals surface area contributed by atoms with E-state index in [4.69, 9.17) is 5.73 Å². The molecule has 0 unspecified atom stereocenters. The Morgan fingerprint density at radius 2 is 2.25 bits per heavy atom. The summed E-state index contributed by atoms with van der Waals surface area (Å²) in [6.45, 7) is 0. The fourth-order valence-corrected chi connectivity index (χ4v) is 3.33. The Hall–Kier alpha value is -1.36. The number of amides is 1. The standard InChI is InChI=1S/C15H24N4O/c16-12(6-10-4-2-1-3-5-10)15(20)19-13-7-11(13)14-8-17-9-18-14/h8-13H,1-7,16H2,(H,17,18)(H,19,20)/t11-,12-,13-/m0/s1. The number of nitrogens with two attached hydrogens (primary N) is 1. The summed E-state index contributed by atoms with van der Waals surface area (Å²) in [6, 6.07) is -0.123. The van der Waals surface area contributed by atoms with Gasteiger partial charge in [-0.3, -0.25) is 4.79 Å². The number of aromatic nitrogens is 2. The van der Waals surface area contributed by atoms with Gasteiger partial charge in [0.1, 0.15) is 0 Å². The van der Waals surface area contributed by atoms with Crippen LogP contribution in [0.5, 0.6) is 0 Å². The summed E-state index contributed by atoms with van der Waals surface area (Å²) in [5.41, 5.74) is 7.09. The van der Waals surface area contributed by atoms with Crippen molar-refractivity contribution in [3.05, 3.63) is 18.2 Å². The van der Waals surface area contributed by atoms with E-state index in [2.05, 4.69) is 15.3 Å². The first-order valence-corrected chi connectivity index (χ1v) is 7.78. The number of imidazole rings is 1. The molecule has 110 valence electrons. The number of rotatable bonds is 5. The predicted molar refractivity (Wildman–Crippen MR) is 77.0 cm³/mol. The van der Waals surface area contributed by atoms with Crippen LogP contribution in [0.4, 0.5) is 0 Å². The molecule has 20 heavy (non-hydrogen) atoms. The van der Waals surface area contributed by atoms with Gasteiger partial charge in [-0.25, -0.2) is 4.98 Å². The second-order valence-corrected chi connectivity index (χ2v) is 6.30. The Bertz CT molecular complexity index is 439. The van der Waals surface area contributed by atoms with Crippen LogP contribution in [0.25, 0.3) is 0 Å². The summed E-state index contributed by atoms with van der Waals surface area (Å²) in [7, 11) is 0. The highest BCUT2D eigenvalue weighted by atomic mass is 16.2. The highest BCUT2D eigenvalue weighted by Gasteiger charge is 2.41. The smallest absolute Gasteiger partial charge is 0.237 e. The van der Waals surface area contributed by atoms with Gasteiger partial charge in [-0.15, -0.1) is 0 Å². The minimum Gasteiger partial charge on any atom is -0.351 e. The molecule has 4 N–H and O–H groups in total. The Balaban J connectivity index is 1.43. The van der Waals surface area contributed by atoms with Gasteiger partial charge in [0, 0.05) is 18.2 Å². The summed E-state index contributed by atoms with van der Waals surface area (Å²) in [5, 5.41) is 3.06. The average Bonchev–Trinajstić information content (AvgIpc) is 3.01. The van der Waals surface area contributed by atoms with Gasteiger partial charge in [0.05, 0.1) is 18.1 Å². The van der Waals surface area contributed by atoms with Gasteiger partial charge in [-0.2, -0.15) is 0 Å². The molecule has 0 radical (unpaired) electrons. The monoisotopic (exact) mass is 276 g/mol. The van der Waals surface area contributed by atoms with Crippen LogP contribution >= 0.6 is 0 Å². The zero-order chi connectivity index (χ0) is 13.9. The lowest BCUT2D eigenvalue weighted by Gasteiger charge is -2.24. The van der Waals surface area contributed by atoms with Crippen LogP contribution in [0.15, 0.2) is 12.5 Å². The molecule has 2 aliphatic carbocycles. The number of nitrogens with one attached hydrogen (secondary N) is 2. The number of nitrogens with zero attached hydrogens (tertiary/aromatic N) is 1. The molecule has 2 aliphatic rings. The van der Waals surface area contributed by atoms with Gasteiger partial charge in [0.2, 0.25) is 5.91 Å². The van der Waals surface area contributed by atoms with Crippen molar-refractivity contribution in [2.24, 2.45) is 11.7 Å². The van der Waals surface area contributed by atoms with E-state index >= 15 is 0 Å². The highest BCUT2D eigenvalue weighted by molar-refractivity contribution is 5.82. The van der Waals surface area contributed by atoms with Gasteiger partial charge in [0.15, 0.2) is 0 Å². The molecule has 3 atom stereocenters. The predicted octanol–water partition coefficient (Wildman–Crippen LogP) is 1.68. The van der Waals surface area contributed by atoms with Crippen molar-refractivity contribution in [2.45, 2.75) is 62.9 Å². The molecule has 2 saturated carbocycles. The summed E-state index contributed by atoms with van der Waals surface area (Å²) >= 11 is 0. The third kappa shape index (κ3) is 3.20. The maximum absolute atomic E-state index is 12.1. The van der Waals surface area contributed by atoms with Gasteiger partial charge in [-0.05, 0) is 18.8 Å². The fourth-order valence-electron chi connectivity index (χ4n) is 3.33. The van der Waals surface area contributed by atoms with Crippen LogP contribution in [0.1, 0.15) is 56.6 Å². The van der Waals surface area contributed by atoms with Gasteiger partial charge >= 0.3 is 0 Å². The third-order valence-electron chi connectivity index (χ3n) is 4.67. The molecule has 0 spiro atoms. The van der Waals surface area contributed by atoms with E-state index in [0.717, 1.165) is 18.5 Å². The molecule has 1 aromatic heterocycles. The Kier molecular flexibility index (Phi) is 4.05. The van der Waals surface area contributed by atoms with Crippen LogP contribution in [-0.4, -0.2) is 28.0 Å². The molecular weight excluding hydrogens is 252 g/mol.